The van der Waals surface area contributed by atoms with Gasteiger partial charge in [0.2, 0.25) is 0 Å². The van der Waals surface area contributed by atoms with E-state index < -0.39 is 6.04 Å². The first-order valence-electron chi connectivity index (χ1n) is 5.08. The summed E-state index contributed by atoms with van der Waals surface area (Å²) in [5.41, 5.74) is -0.315. The molecule has 0 aliphatic heterocycles. The van der Waals surface area contributed by atoms with Crippen LogP contribution in [0.1, 0.15) is 27.7 Å². The lowest BCUT2D eigenvalue weighted by molar-refractivity contribution is -0.141. The zero-order valence-electron chi connectivity index (χ0n) is 10.5. The van der Waals surface area contributed by atoms with Gasteiger partial charge >= 0.3 is 5.97 Å². The van der Waals surface area contributed by atoms with E-state index in [1.54, 1.807) is 20.1 Å². The zero-order chi connectivity index (χ0) is 12.8. The molecule has 0 aromatic heterocycles. The fourth-order valence-electron chi connectivity index (χ4n) is 0.877. The van der Waals surface area contributed by atoms with Gasteiger partial charge in [0.25, 0.3) is 0 Å². The lowest BCUT2D eigenvalue weighted by atomic mass is 9.97. The number of ether oxygens (including phenoxy) is 2. The van der Waals surface area contributed by atoms with Gasteiger partial charge in [-0.3, -0.25) is 10.4 Å². The topological polar surface area (TPSA) is 71.7 Å². The van der Waals surface area contributed by atoms with Crippen LogP contribution in [-0.2, 0) is 14.3 Å². The number of hydrogen-bond acceptors (Lipinski definition) is 5. The molecule has 0 amide bonds. The summed E-state index contributed by atoms with van der Waals surface area (Å²) in [7, 11) is 1.33. The quantitative estimate of drug-likeness (QED) is 0.442. The highest BCUT2D eigenvalue weighted by molar-refractivity contribution is 5.78. The molecule has 0 heterocycles. The third-order valence-electron chi connectivity index (χ3n) is 1.85. The maximum atomic E-state index is 11.1. The first kappa shape index (κ1) is 14.6. The summed E-state index contributed by atoms with van der Waals surface area (Å²) in [6, 6.07) is -0.509. The Morgan fingerprint density at radius 1 is 1.56 bits per heavy atom. The van der Waals surface area contributed by atoms with Crippen molar-refractivity contribution in [2.24, 2.45) is 10.4 Å². The van der Waals surface area contributed by atoms with Gasteiger partial charge in [-0.2, -0.15) is 0 Å². The van der Waals surface area contributed by atoms with E-state index in [4.69, 9.17) is 10.1 Å². The molecule has 0 radical (unpaired) electrons. The Morgan fingerprint density at radius 2 is 2.12 bits per heavy atom. The third kappa shape index (κ3) is 6.16. The number of hydrogen-bond donors (Lipinski definition) is 1. The SMILES string of the molecule is COC(=O)C(C)/N=C/C(C)(C)COC(C)=N. The van der Waals surface area contributed by atoms with Crippen LogP contribution in [0.5, 0.6) is 0 Å². The van der Waals surface area contributed by atoms with E-state index in [1.807, 2.05) is 13.8 Å². The van der Waals surface area contributed by atoms with Gasteiger partial charge in [0.15, 0.2) is 5.90 Å². The van der Waals surface area contributed by atoms with E-state index in [0.29, 0.717) is 6.61 Å². The second kappa shape index (κ2) is 6.25. The van der Waals surface area contributed by atoms with Crippen LogP contribution >= 0.6 is 0 Å². The van der Waals surface area contributed by atoms with Crippen molar-refractivity contribution in [3.63, 3.8) is 0 Å². The van der Waals surface area contributed by atoms with Gasteiger partial charge in [0, 0.05) is 18.6 Å². The minimum atomic E-state index is -0.509. The Kier molecular flexibility index (Phi) is 5.71. The van der Waals surface area contributed by atoms with Gasteiger partial charge in [-0.1, -0.05) is 13.8 Å². The van der Waals surface area contributed by atoms with Crippen LogP contribution in [0.15, 0.2) is 4.99 Å². The normalized spacial score (nSPS) is 13.6. The standard InChI is InChI=1S/C11H20N2O3/c1-8(10(14)15-5)13-6-11(3,4)7-16-9(2)12/h6,8,12H,7H2,1-5H3/b12-9?,13-6+. The first-order chi connectivity index (χ1) is 7.28. The van der Waals surface area contributed by atoms with Crippen LogP contribution < -0.4 is 0 Å². The average Bonchev–Trinajstić information content (AvgIpc) is 2.22. The number of nitrogens with one attached hydrogen (secondary N) is 1. The number of methoxy groups -OCH3 is 1. The molecule has 0 aromatic carbocycles. The monoisotopic (exact) mass is 228 g/mol. The van der Waals surface area contributed by atoms with Crippen molar-refractivity contribution >= 4 is 18.1 Å². The van der Waals surface area contributed by atoms with Crippen LogP contribution in [0, 0.1) is 10.8 Å². The van der Waals surface area contributed by atoms with Crippen molar-refractivity contribution in [2.75, 3.05) is 13.7 Å². The van der Waals surface area contributed by atoms with Gasteiger partial charge in [0.1, 0.15) is 6.04 Å². The summed E-state index contributed by atoms with van der Waals surface area (Å²) < 4.78 is 9.66. The molecule has 0 rings (SSSR count). The highest BCUT2D eigenvalue weighted by Gasteiger charge is 2.18. The Morgan fingerprint density at radius 3 is 2.56 bits per heavy atom. The Bertz CT molecular complexity index is 285. The molecule has 1 unspecified atom stereocenters. The molecule has 16 heavy (non-hydrogen) atoms. The minimum Gasteiger partial charge on any atom is -0.480 e. The van der Waals surface area contributed by atoms with E-state index >= 15 is 0 Å². The molecule has 0 saturated carbocycles. The predicted molar refractivity (Wildman–Crippen MR) is 63.1 cm³/mol. The summed E-state index contributed by atoms with van der Waals surface area (Å²) in [5, 5.41) is 7.15. The Labute approximate surface area is 96.4 Å². The van der Waals surface area contributed by atoms with Gasteiger partial charge in [0.05, 0.1) is 13.7 Å². The van der Waals surface area contributed by atoms with E-state index in [0.717, 1.165) is 0 Å². The lowest BCUT2D eigenvalue weighted by Crippen LogP contribution is -2.24. The van der Waals surface area contributed by atoms with Crippen molar-refractivity contribution in [1.82, 2.24) is 0 Å². The molecule has 1 N–H and O–H groups in total. The number of carbonyl (C=O) groups excluding carboxylic acids is 1. The summed E-state index contributed by atoms with van der Waals surface area (Å²) in [4.78, 5) is 15.2. The lowest BCUT2D eigenvalue weighted by Gasteiger charge is -2.19. The molecule has 0 fully saturated rings. The van der Waals surface area contributed by atoms with Crippen LogP contribution in [0.2, 0.25) is 0 Å². The van der Waals surface area contributed by atoms with Gasteiger partial charge in [-0.05, 0) is 6.92 Å². The summed E-state index contributed by atoms with van der Waals surface area (Å²) in [5.74, 6) is -0.196. The van der Waals surface area contributed by atoms with E-state index in [9.17, 15) is 4.79 Å². The largest absolute Gasteiger partial charge is 0.480 e. The summed E-state index contributed by atoms with van der Waals surface area (Å²) >= 11 is 0. The molecule has 0 spiro atoms. The smallest absolute Gasteiger partial charge is 0.330 e. The van der Waals surface area contributed by atoms with Gasteiger partial charge < -0.3 is 9.47 Å². The van der Waals surface area contributed by atoms with E-state index in [-0.39, 0.29) is 17.3 Å². The molecule has 0 aromatic rings. The molecule has 0 aliphatic carbocycles. The fraction of sp³-hybridized carbons (Fsp3) is 0.727. The molecule has 0 aliphatic rings. The van der Waals surface area contributed by atoms with Crippen LogP contribution in [-0.4, -0.2) is 37.8 Å². The molecule has 0 bridgehead atoms. The third-order valence-corrected chi connectivity index (χ3v) is 1.85. The van der Waals surface area contributed by atoms with Crippen molar-refractivity contribution in [1.29, 1.82) is 5.41 Å². The van der Waals surface area contributed by atoms with Gasteiger partial charge in [-0.15, -0.1) is 0 Å². The predicted octanol–water partition coefficient (Wildman–Crippen LogP) is 1.66. The van der Waals surface area contributed by atoms with Crippen LogP contribution in [0.3, 0.4) is 0 Å². The molecule has 92 valence electrons. The number of nitrogens with zero attached hydrogens (tertiary/aromatic N) is 1. The van der Waals surface area contributed by atoms with E-state index in [2.05, 4.69) is 9.73 Å². The number of carbonyl (C=O) groups is 1. The van der Waals surface area contributed by atoms with Crippen molar-refractivity contribution in [3.8, 4) is 0 Å². The maximum absolute atomic E-state index is 11.1. The van der Waals surface area contributed by atoms with Crippen molar-refractivity contribution in [3.05, 3.63) is 0 Å². The highest BCUT2D eigenvalue weighted by Crippen LogP contribution is 2.13. The molecule has 5 nitrogen and oxygen atoms in total. The highest BCUT2D eigenvalue weighted by atomic mass is 16.5. The molecule has 5 heteroatoms. The van der Waals surface area contributed by atoms with Crippen molar-refractivity contribution in [2.45, 2.75) is 33.7 Å². The maximum Gasteiger partial charge on any atom is 0.330 e. The Hall–Kier alpha value is -1.39. The number of rotatable bonds is 5. The Balaban J connectivity index is 4.28. The zero-order valence-corrected chi connectivity index (χ0v) is 10.5. The summed E-state index contributed by atoms with van der Waals surface area (Å²) in [6.07, 6.45) is 1.66. The molecule has 1 atom stereocenters. The number of aliphatic imine (C=N–C) groups is 1. The van der Waals surface area contributed by atoms with Gasteiger partial charge in [-0.25, -0.2) is 4.79 Å². The minimum absolute atomic E-state index is 0.169. The van der Waals surface area contributed by atoms with Crippen molar-refractivity contribution < 1.29 is 14.3 Å². The van der Waals surface area contributed by atoms with E-state index in [1.165, 1.54) is 7.11 Å². The first-order valence-corrected chi connectivity index (χ1v) is 5.08. The van der Waals surface area contributed by atoms with Crippen LogP contribution in [0.4, 0.5) is 0 Å². The molecule has 0 saturated heterocycles. The molecular weight excluding hydrogens is 208 g/mol. The second-order valence-electron chi connectivity index (χ2n) is 4.31. The fourth-order valence-corrected chi connectivity index (χ4v) is 0.877. The number of esters is 1. The summed E-state index contributed by atoms with van der Waals surface area (Å²) in [6.45, 7) is 7.44. The molecular formula is C11H20N2O3. The second-order valence-corrected chi connectivity index (χ2v) is 4.31. The van der Waals surface area contributed by atoms with Crippen LogP contribution in [0.25, 0.3) is 0 Å². The average molecular weight is 228 g/mol.